The van der Waals surface area contributed by atoms with Crippen LogP contribution >= 0.6 is 11.6 Å². The van der Waals surface area contributed by atoms with Crippen molar-refractivity contribution in [1.29, 1.82) is 0 Å². The van der Waals surface area contributed by atoms with Crippen molar-refractivity contribution < 1.29 is 90.5 Å². The van der Waals surface area contributed by atoms with Crippen LogP contribution in [0.1, 0.15) is 301 Å². The van der Waals surface area contributed by atoms with Crippen molar-refractivity contribution in [3.8, 4) is 0 Å². The maximum absolute atomic E-state index is 14.3. The van der Waals surface area contributed by atoms with E-state index in [0.29, 0.717) is 125 Å². The summed E-state index contributed by atoms with van der Waals surface area (Å²) in [5.41, 5.74) is 0.284. The fraction of sp³-hybridized carbons (Fsp3) is 0.700. The lowest BCUT2D eigenvalue weighted by Gasteiger charge is -2.29. The maximum Gasteiger partial charge on any atom is 0.255 e. The predicted octanol–water partition coefficient (Wildman–Crippen LogP) is 5.71. The number of nitrogens with one attached hydrogen (secondary N) is 18. The van der Waals surface area contributed by atoms with Gasteiger partial charge >= 0.3 is 0 Å². The van der Waals surface area contributed by atoms with Crippen LogP contribution in [0.4, 0.5) is 4.39 Å². The van der Waals surface area contributed by atoms with Gasteiger partial charge in [0.2, 0.25) is 82.9 Å². The first-order chi connectivity index (χ1) is 66.2. The van der Waals surface area contributed by atoms with E-state index in [1.165, 1.54) is 24.4 Å². The Bertz CT molecular complexity index is 4270. The lowest BCUT2D eigenvalue weighted by molar-refractivity contribution is -0.612. The third-order valence-corrected chi connectivity index (χ3v) is 24.2. The van der Waals surface area contributed by atoms with E-state index in [1.54, 1.807) is 34.6 Å². The minimum atomic E-state index is -1.07. The van der Waals surface area contributed by atoms with Gasteiger partial charge in [-0.2, -0.15) is 18.6 Å². The van der Waals surface area contributed by atoms with E-state index in [1.807, 2.05) is 159 Å². The first-order valence-corrected chi connectivity index (χ1v) is 50.7. The Kier molecular flexibility index (Phi) is 60.6. The second-order valence-electron chi connectivity index (χ2n) is 38.8. The van der Waals surface area contributed by atoms with Crippen LogP contribution in [0.3, 0.4) is 0 Å². The number of halogens is 2. The summed E-state index contributed by atoms with van der Waals surface area (Å²) in [5, 5.41) is 86.4. The van der Waals surface area contributed by atoms with Crippen LogP contribution in [0.25, 0.3) is 0 Å². The molecule has 3 heterocycles. The molecule has 3 aromatic heterocycles. The van der Waals surface area contributed by atoms with Gasteiger partial charge in [-0.05, 0) is 133 Å². The SMILES string of the molecule is CCC[C@H](NC(=O)[C@@H](NC(=O)c1cc[n+]([O-])c(C)c1)[C@@H](C)CC)C(=O)N[C@H](CN[C@@H](C)C(=O)N[C@H](C(=O)NCC)C(C)C)CC(C)C.CCC[C@H](NC(=O)[C@@H](NC(=O)c1cc[n+]([O-])cc1Cl)[C@@H](C)CC)C(=O)N[C@H](CN[C@@H](C)C(=O)N[C@H](C(=O)NCC)C(C)C)CC(C)C.CCC[C@H](NC(=O)[C@@H](NC(=O)c1cc[n+]([O-])cc1F)[C@@H](C)CC)C(=O)N[C@H](CN[C@@H](C)C(=O)N[C@H](C(=O)NCC)C(C)C)CC(C)C. The lowest BCUT2D eigenvalue weighted by Crippen LogP contribution is -2.58. The van der Waals surface area contributed by atoms with Crippen molar-refractivity contribution in [2.45, 2.75) is 362 Å². The minimum Gasteiger partial charge on any atom is -0.619 e. The number of hydrogen-bond acceptors (Lipinski definition) is 21. The quantitative estimate of drug-likeness (QED) is 0.0238. The molecule has 798 valence electrons. The highest BCUT2D eigenvalue weighted by Crippen LogP contribution is 2.20. The first-order valence-electron chi connectivity index (χ1n) is 50.3. The molecule has 18 N–H and O–H groups in total. The molecule has 0 saturated heterocycles. The summed E-state index contributed by atoms with van der Waals surface area (Å²) < 4.78 is 15.6. The number of aryl methyl sites for hydroxylation is 1. The number of aromatic nitrogens is 3. The molecule has 0 radical (unpaired) electrons. The van der Waals surface area contributed by atoms with Crippen LogP contribution in [-0.4, -0.2) is 219 Å². The summed E-state index contributed by atoms with van der Waals surface area (Å²) in [4.78, 5) is 196. The molecular formula is C100H171ClFN21O18. The smallest absolute Gasteiger partial charge is 0.255 e. The Morgan fingerprint density at radius 3 is 0.894 bits per heavy atom. The van der Waals surface area contributed by atoms with Gasteiger partial charge in [-0.1, -0.05) is 196 Å². The van der Waals surface area contributed by atoms with Crippen LogP contribution in [-0.2, 0) is 57.5 Å². The summed E-state index contributed by atoms with van der Waals surface area (Å²) >= 11 is 6.09. The Hall–Kier alpha value is -11.0. The molecule has 0 fully saturated rings. The van der Waals surface area contributed by atoms with Gasteiger partial charge in [0.15, 0.2) is 30.5 Å². The monoisotopic (exact) mass is 2010 g/mol. The molecule has 15 amide bonds. The number of likely N-dealkylation sites (N-methyl/N-ethyl adjacent to an activating group) is 3. The number of rotatable bonds is 60. The molecule has 0 unspecified atom stereocenters. The third-order valence-electron chi connectivity index (χ3n) is 23.9. The Morgan fingerprint density at radius 1 is 0.340 bits per heavy atom. The zero-order chi connectivity index (χ0) is 108. The second kappa shape index (κ2) is 66.7. The fourth-order valence-corrected chi connectivity index (χ4v) is 15.2. The lowest BCUT2D eigenvalue weighted by atomic mass is 9.97. The van der Waals surface area contributed by atoms with Gasteiger partial charge in [-0.3, -0.25) is 71.9 Å². The number of carbonyl (C=O) groups is 15. The fourth-order valence-electron chi connectivity index (χ4n) is 15.0. The molecule has 0 spiro atoms. The van der Waals surface area contributed by atoms with Crippen molar-refractivity contribution in [3.63, 3.8) is 0 Å². The van der Waals surface area contributed by atoms with Crippen molar-refractivity contribution in [3.05, 3.63) is 104 Å². The summed E-state index contributed by atoms with van der Waals surface area (Å²) in [7, 11) is 0. The van der Waals surface area contributed by atoms with Crippen LogP contribution in [0.5, 0.6) is 0 Å². The molecule has 18 atom stereocenters. The Morgan fingerprint density at radius 2 is 0.631 bits per heavy atom. The maximum atomic E-state index is 14.3. The number of carbonyl (C=O) groups excluding carboxylic acids is 15. The summed E-state index contributed by atoms with van der Waals surface area (Å²) in [6.07, 6.45) is 11.5. The number of amides is 15. The Labute approximate surface area is 840 Å². The van der Waals surface area contributed by atoms with E-state index >= 15 is 0 Å². The van der Waals surface area contributed by atoms with Crippen molar-refractivity contribution in [2.24, 2.45) is 53.3 Å². The second-order valence-corrected chi connectivity index (χ2v) is 39.3. The van der Waals surface area contributed by atoms with E-state index in [4.69, 9.17) is 11.6 Å². The highest BCUT2D eigenvalue weighted by atomic mass is 35.5. The number of pyridine rings is 3. The zero-order valence-electron chi connectivity index (χ0n) is 88.7. The summed E-state index contributed by atoms with van der Waals surface area (Å²) in [6.45, 7) is 54.4. The van der Waals surface area contributed by atoms with E-state index < -0.39 is 120 Å². The topological polar surface area (TPSA) is 553 Å². The van der Waals surface area contributed by atoms with E-state index in [9.17, 15) is 91.9 Å². The molecular weight excluding hydrogens is 1840 g/mol. The van der Waals surface area contributed by atoms with Crippen molar-refractivity contribution in [1.82, 2.24) is 95.7 Å². The zero-order valence-corrected chi connectivity index (χ0v) is 89.5. The number of hydrogen-bond donors (Lipinski definition) is 18. The molecule has 0 aliphatic rings. The molecule has 0 aliphatic carbocycles. The van der Waals surface area contributed by atoms with Gasteiger partial charge in [-0.25, -0.2) is 0 Å². The van der Waals surface area contributed by atoms with Crippen LogP contribution in [0.15, 0.2) is 55.2 Å². The van der Waals surface area contributed by atoms with Gasteiger partial charge in [0.1, 0.15) is 59.4 Å². The molecule has 0 bridgehead atoms. The van der Waals surface area contributed by atoms with Gasteiger partial charge in [0.05, 0.1) is 34.8 Å². The minimum absolute atomic E-state index is 0.0510. The Balaban J connectivity index is 0.00000106. The van der Waals surface area contributed by atoms with Crippen LogP contribution in [0.2, 0.25) is 5.02 Å². The van der Waals surface area contributed by atoms with E-state index in [0.717, 1.165) is 24.7 Å². The highest BCUT2D eigenvalue weighted by molar-refractivity contribution is 6.33. The summed E-state index contributed by atoms with van der Waals surface area (Å²) in [6, 6.07) is -5.40. The van der Waals surface area contributed by atoms with Crippen molar-refractivity contribution >= 4 is 100 Å². The average Bonchev–Trinajstić information content (AvgIpc) is 0.843. The molecule has 0 aliphatic heterocycles. The molecule has 41 heteroatoms. The average molecular weight is 2010 g/mol. The van der Waals surface area contributed by atoms with Gasteiger partial charge < -0.3 is 111 Å². The molecule has 0 saturated carbocycles. The van der Waals surface area contributed by atoms with Crippen LogP contribution in [0, 0.1) is 81.6 Å². The van der Waals surface area contributed by atoms with E-state index in [2.05, 4.69) is 95.7 Å². The van der Waals surface area contributed by atoms with Crippen LogP contribution < -0.4 is 110 Å². The van der Waals surface area contributed by atoms with Crippen molar-refractivity contribution in [2.75, 3.05) is 39.3 Å². The number of nitrogens with zero attached hydrogens (tertiary/aromatic N) is 3. The largest absolute Gasteiger partial charge is 0.619 e. The molecule has 39 nitrogen and oxygen atoms in total. The molecule has 141 heavy (non-hydrogen) atoms. The summed E-state index contributed by atoms with van der Waals surface area (Å²) in [5.74, 6) is -7.94. The molecule has 0 aromatic carbocycles. The standard InChI is InChI=1S/C34H59N7O6.C33H56ClN7O6.C33H56FN7O6/c1-11-14-27(38-34(46)29(22(8)12-2)40-31(43)25-15-16-41(47)23(9)18-25)32(44)37-26(17-20(4)5)19-36-24(10)30(42)39-28(21(6)7)33(45)35-13-3;2*1-10-13-26(38-33(46)28(21(8)11-2)40-30(43)24-14-15-41(47)18-25(24)34)31(44)37-23(16-19(4)5)17-36-22(9)29(42)39-27(20(6)7)32(45)35-12-3/h15-16,18,20-22,24,26-29,36H,11-14,17,19H2,1-10H3,(H,35,45)(H,37,44)(H,38,46)(H,39,42)(H,40,43);2*14-15,18-23,26-28,36H,10-13,16-17H2,1-9H3,(H,35,45)(H,37,44)(H,38,46)(H,39,42)(H,40,43)/t22-,24-,26-,27-,28-,29-;2*21-,22-,23-,26-,27-,28-/m000/s1. The first kappa shape index (κ1) is 128. The van der Waals surface area contributed by atoms with Gasteiger partial charge in [0, 0.05) is 88.6 Å². The van der Waals surface area contributed by atoms with Gasteiger partial charge in [0.25, 0.3) is 17.7 Å². The normalized spacial score (nSPS) is 15.1. The van der Waals surface area contributed by atoms with Gasteiger partial charge in [-0.15, -0.1) is 0 Å². The highest BCUT2D eigenvalue weighted by Gasteiger charge is 2.38. The third kappa shape index (κ3) is 46.7. The predicted molar refractivity (Wildman–Crippen MR) is 541 cm³/mol. The molecule has 3 aromatic rings. The van der Waals surface area contributed by atoms with E-state index in [-0.39, 0.29) is 158 Å². The molecule has 3 rings (SSSR count).